The number of hydrogen-bond donors (Lipinski definition) is 1. The molecule has 0 aliphatic heterocycles. The summed E-state index contributed by atoms with van der Waals surface area (Å²) in [6, 6.07) is 7.34. The van der Waals surface area contributed by atoms with Gasteiger partial charge in [0.25, 0.3) is 0 Å². The van der Waals surface area contributed by atoms with Crippen LogP contribution in [0.25, 0.3) is 0 Å². The first-order chi connectivity index (χ1) is 12.1. The van der Waals surface area contributed by atoms with Gasteiger partial charge in [-0.3, -0.25) is 4.79 Å². The lowest BCUT2D eigenvalue weighted by molar-refractivity contribution is -0.120. The number of hydrazone groups is 1. The fourth-order valence-corrected chi connectivity index (χ4v) is 3.04. The second kappa shape index (κ2) is 10.1. The number of halogens is 1. The maximum absolute atomic E-state index is 11.8. The normalized spacial score (nSPS) is 10.8. The molecule has 0 bridgehead atoms. The molecule has 0 aliphatic rings. The van der Waals surface area contributed by atoms with Crippen molar-refractivity contribution in [2.24, 2.45) is 5.10 Å². The third-order valence-corrected chi connectivity index (χ3v) is 4.26. The summed E-state index contributed by atoms with van der Waals surface area (Å²) in [4.78, 5) is 12.8. The zero-order chi connectivity index (χ0) is 18.1. The second-order valence-corrected chi connectivity index (χ2v) is 6.60. The summed E-state index contributed by atoms with van der Waals surface area (Å²) in [6.07, 6.45) is 2.72. The molecule has 0 saturated carbocycles. The zero-order valence-electron chi connectivity index (χ0n) is 14.3. The van der Waals surface area contributed by atoms with Crippen LogP contribution in [-0.4, -0.2) is 25.3 Å². The standard InChI is InChI=1S/C18H21ClN2O3S/c1-3-7-24-18-15(19)9-13(10-16(18)23-4-2)12-20-21-17(22)11-14-6-5-8-25-14/h5-6,8-10,12H,3-4,7,11H2,1-2H3,(H,21,22)/b20-12-. The average Bonchev–Trinajstić information content (AvgIpc) is 3.07. The van der Waals surface area contributed by atoms with Gasteiger partial charge >= 0.3 is 0 Å². The number of thiophene rings is 1. The molecule has 1 N–H and O–H groups in total. The fraction of sp³-hybridized carbons (Fsp3) is 0.333. The summed E-state index contributed by atoms with van der Waals surface area (Å²) in [7, 11) is 0. The van der Waals surface area contributed by atoms with Gasteiger partial charge in [0, 0.05) is 4.88 Å². The fourth-order valence-electron chi connectivity index (χ4n) is 2.06. The lowest BCUT2D eigenvalue weighted by atomic mass is 10.2. The second-order valence-electron chi connectivity index (χ2n) is 5.16. The van der Waals surface area contributed by atoms with E-state index in [0.29, 0.717) is 41.7 Å². The first-order valence-corrected chi connectivity index (χ1v) is 9.33. The number of ether oxygens (including phenoxy) is 2. The van der Waals surface area contributed by atoms with Crippen LogP contribution >= 0.6 is 22.9 Å². The maximum Gasteiger partial charge on any atom is 0.245 e. The Bertz CT molecular complexity index is 717. The van der Waals surface area contributed by atoms with Gasteiger partial charge in [-0.25, -0.2) is 5.43 Å². The highest BCUT2D eigenvalue weighted by Crippen LogP contribution is 2.36. The number of carbonyl (C=O) groups excluding carboxylic acids is 1. The summed E-state index contributed by atoms with van der Waals surface area (Å²) >= 11 is 7.83. The number of benzene rings is 1. The van der Waals surface area contributed by atoms with Crippen molar-refractivity contribution in [2.75, 3.05) is 13.2 Å². The number of amides is 1. The third-order valence-electron chi connectivity index (χ3n) is 3.10. The molecule has 25 heavy (non-hydrogen) atoms. The quantitative estimate of drug-likeness (QED) is 0.521. The number of rotatable bonds is 9. The molecule has 0 aliphatic carbocycles. The van der Waals surface area contributed by atoms with E-state index < -0.39 is 0 Å². The highest BCUT2D eigenvalue weighted by atomic mass is 35.5. The maximum atomic E-state index is 11.8. The number of nitrogens with zero attached hydrogens (tertiary/aromatic N) is 1. The molecule has 7 heteroatoms. The summed E-state index contributed by atoms with van der Waals surface area (Å²) in [6.45, 7) is 4.97. The van der Waals surface area contributed by atoms with Crippen LogP contribution in [0.15, 0.2) is 34.7 Å². The van der Waals surface area contributed by atoms with Crippen LogP contribution in [0.5, 0.6) is 11.5 Å². The van der Waals surface area contributed by atoms with Gasteiger partial charge < -0.3 is 9.47 Å². The Balaban J connectivity index is 2.04. The Labute approximate surface area is 156 Å². The SMILES string of the molecule is CCCOc1c(Cl)cc(/C=N\NC(=O)Cc2cccs2)cc1OCC. The Kier molecular flexibility index (Phi) is 7.76. The molecule has 2 rings (SSSR count). The van der Waals surface area contributed by atoms with E-state index in [-0.39, 0.29) is 5.91 Å². The lowest BCUT2D eigenvalue weighted by Gasteiger charge is -2.13. The molecule has 0 saturated heterocycles. The number of nitrogens with one attached hydrogen (secondary N) is 1. The molecular formula is C18H21ClN2O3S. The molecule has 0 atom stereocenters. The van der Waals surface area contributed by atoms with Gasteiger partial charge in [0.15, 0.2) is 11.5 Å². The van der Waals surface area contributed by atoms with Crippen LogP contribution in [0.2, 0.25) is 5.02 Å². The van der Waals surface area contributed by atoms with Crippen molar-refractivity contribution in [3.05, 3.63) is 45.1 Å². The van der Waals surface area contributed by atoms with Crippen molar-refractivity contribution in [3.63, 3.8) is 0 Å². The average molecular weight is 381 g/mol. The topological polar surface area (TPSA) is 59.9 Å². The number of carbonyl (C=O) groups is 1. The van der Waals surface area contributed by atoms with E-state index in [1.807, 2.05) is 31.4 Å². The number of hydrogen-bond acceptors (Lipinski definition) is 5. The smallest absolute Gasteiger partial charge is 0.245 e. The molecular weight excluding hydrogens is 360 g/mol. The Hall–Kier alpha value is -2.05. The first-order valence-electron chi connectivity index (χ1n) is 8.07. The van der Waals surface area contributed by atoms with Crippen molar-refractivity contribution < 1.29 is 14.3 Å². The van der Waals surface area contributed by atoms with Gasteiger partial charge in [0.2, 0.25) is 5.91 Å². The Morgan fingerprint density at radius 2 is 2.20 bits per heavy atom. The largest absolute Gasteiger partial charge is 0.490 e. The molecule has 0 spiro atoms. The molecule has 0 unspecified atom stereocenters. The van der Waals surface area contributed by atoms with Crippen LogP contribution in [0.1, 0.15) is 30.7 Å². The molecule has 1 aromatic carbocycles. The minimum absolute atomic E-state index is 0.169. The highest BCUT2D eigenvalue weighted by Gasteiger charge is 2.12. The first kappa shape index (κ1) is 19.3. The third kappa shape index (κ3) is 6.07. The van der Waals surface area contributed by atoms with Gasteiger partial charge in [-0.15, -0.1) is 11.3 Å². The predicted molar refractivity (Wildman–Crippen MR) is 102 cm³/mol. The van der Waals surface area contributed by atoms with Gasteiger partial charge in [-0.1, -0.05) is 24.6 Å². The monoisotopic (exact) mass is 380 g/mol. The van der Waals surface area contributed by atoms with Crippen molar-refractivity contribution in [2.45, 2.75) is 26.7 Å². The van der Waals surface area contributed by atoms with E-state index in [2.05, 4.69) is 10.5 Å². The summed E-state index contributed by atoms with van der Waals surface area (Å²) in [5.41, 5.74) is 3.23. The van der Waals surface area contributed by atoms with Gasteiger partial charge in [0.1, 0.15) is 0 Å². The highest BCUT2D eigenvalue weighted by molar-refractivity contribution is 7.10. The molecule has 5 nitrogen and oxygen atoms in total. The molecule has 2 aromatic rings. The molecule has 0 fully saturated rings. The van der Waals surface area contributed by atoms with Gasteiger partial charge in [-0.2, -0.15) is 5.10 Å². The van der Waals surface area contributed by atoms with Gasteiger partial charge in [-0.05, 0) is 42.5 Å². The summed E-state index contributed by atoms with van der Waals surface area (Å²) in [5, 5.41) is 6.37. The lowest BCUT2D eigenvalue weighted by Crippen LogP contribution is -2.19. The summed E-state index contributed by atoms with van der Waals surface area (Å²) < 4.78 is 11.3. The molecule has 134 valence electrons. The molecule has 1 heterocycles. The summed E-state index contributed by atoms with van der Waals surface area (Å²) in [5.74, 6) is 0.928. The van der Waals surface area contributed by atoms with E-state index in [0.717, 1.165) is 11.3 Å². The zero-order valence-corrected chi connectivity index (χ0v) is 15.8. The molecule has 1 amide bonds. The van der Waals surface area contributed by atoms with E-state index in [1.54, 1.807) is 12.1 Å². The van der Waals surface area contributed by atoms with Crippen molar-refractivity contribution in [1.29, 1.82) is 0 Å². The van der Waals surface area contributed by atoms with Crippen LogP contribution in [-0.2, 0) is 11.2 Å². The van der Waals surface area contributed by atoms with E-state index in [9.17, 15) is 4.79 Å². The van der Waals surface area contributed by atoms with Gasteiger partial charge in [0.05, 0.1) is 30.9 Å². The van der Waals surface area contributed by atoms with Crippen LogP contribution in [0, 0.1) is 0 Å². The molecule has 1 aromatic heterocycles. The van der Waals surface area contributed by atoms with E-state index in [1.165, 1.54) is 17.6 Å². The Morgan fingerprint density at radius 3 is 2.88 bits per heavy atom. The predicted octanol–water partition coefficient (Wildman–Crippen LogP) is 4.28. The van der Waals surface area contributed by atoms with E-state index in [4.69, 9.17) is 21.1 Å². The van der Waals surface area contributed by atoms with Crippen molar-refractivity contribution >= 4 is 35.1 Å². The minimum atomic E-state index is -0.169. The van der Waals surface area contributed by atoms with Crippen molar-refractivity contribution in [1.82, 2.24) is 5.43 Å². The van der Waals surface area contributed by atoms with E-state index >= 15 is 0 Å². The Morgan fingerprint density at radius 1 is 1.36 bits per heavy atom. The molecule has 0 radical (unpaired) electrons. The van der Waals surface area contributed by atoms with Crippen molar-refractivity contribution in [3.8, 4) is 11.5 Å². The van der Waals surface area contributed by atoms with Crippen LogP contribution in [0.4, 0.5) is 0 Å². The minimum Gasteiger partial charge on any atom is -0.490 e. The van der Waals surface area contributed by atoms with Crippen LogP contribution in [0.3, 0.4) is 0 Å². The van der Waals surface area contributed by atoms with Crippen LogP contribution < -0.4 is 14.9 Å².